The minimum atomic E-state index is -0.990. The first-order valence-corrected chi connectivity index (χ1v) is 6.12. The molecule has 2 rings (SSSR count). The monoisotopic (exact) mass is 248 g/mol. The predicted octanol–water partition coefficient (Wildman–Crippen LogP) is 2.94. The van der Waals surface area contributed by atoms with Crippen LogP contribution >= 0.6 is 11.3 Å². The molecule has 2 N–H and O–H groups in total. The van der Waals surface area contributed by atoms with Gasteiger partial charge in [-0.1, -0.05) is 12.1 Å². The molecule has 0 saturated heterocycles. The van der Waals surface area contributed by atoms with Gasteiger partial charge in [0.15, 0.2) is 5.69 Å². The topological polar surface area (TPSA) is 62.2 Å². The lowest BCUT2D eigenvalue weighted by atomic mass is 10.2. The molecular formula is C12H12N2O2S. The van der Waals surface area contributed by atoms with Gasteiger partial charge in [-0.15, -0.1) is 11.3 Å². The molecule has 2 aromatic rings. The molecule has 0 aliphatic carbocycles. The van der Waals surface area contributed by atoms with Crippen molar-refractivity contribution in [2.45, 2.75) is 6.92 Å². The number of nitrogens with zero attached hydrogens (tertiary/aromatic N) is 1. The Hall–Kier alpha value is -1.88. The Morgan fingerprint density at radius 3 is 3.00 bits per heavy atom. The van der Waals surface area contributed by atoms with Gasteiger partial charge in [0.05, 0.1) is 0 Å². The molecule has 88 valence electrons. The predicted molar refractivity (Wildman–Crippen MR) is 68.7 cm³/mol. The van der Waals surface area contributed by atoms with Crippen molar-refractivity contribution in [3.8, 4) is 10.6 Å². The molecule has 0 aliphatic heterocycles. The highest BCUT2D eigenvalue weighted by molar-refractivity contribution is 7.13. The number of carboxylic acid groups (broad SMARTS) is 1. The van der Waals surface area contributed by atoms with Crippen LogP contribution in [-0.4, -0.2) is 22.6 Å². The second kappa shape index (κ2) is 4.97. The molecule has 1 aromatic carbocycles. The van der Waals surface area contributed by atoms with E-state index in [9.17, 15) is 4.79 Å². The van der Waals surface area contributed by atoms with Crippen LogP contribution in [0.2, 0.25) is 0 Å². The lowest BCUT2D eigenvalue weighted by Crippen LogP contribution is -1.97. The van der Waals surface area contributed by atoms with E-state index in [0.29, 0.717) is 0 Å². The van der Waals surface area contributed by atoms with Gasteiger partial charge in [-0.05, 0) is 19.1 Å². The van der Waals surface area contributed by atoms with Gasteiger partial charge in [0.25, 0.3) is 0 Å². The molecule has 0 amide bonds. The number of hydrogen-bond donors (Lipinski definition) is 2. The number of rotatable bonds is 4. The Morgan fingerprint density at radius 1 is 1.53 bits per heavy atom. The molecule has 1 heterocycles. The van der Waals surface area contributed by atoms with Crippen molar-refractivity contribution < 1.29 is 9.90 Å². The van der Waals surface area contributed by atoms with Gasteiger partial charge in [-0.3, -0.25) is 0 Å². The van der Waals surface area contributed by atoms with Crippen molar-refractivity contribution in [3.63, 3.8) is 0 Å². The van der Waals surface area contributed by atoms with E-state index < -0.39 is 5.97 Å². The Labute approximate surface area is 103 Å². The molecule has 4 nitrogen and oxygen atoms in total. The number of carboxylic acids is 1. The number of nitrogens with one attached hydrogen (secondary N) is 1. The summed E-state index contributed by atoms with van der Waals surface area (Å²) < 4.78 is 0. The number of hydrogen-bond acceptors (Lipinski definition) is 4. The molecule has 5 heteroatoms. The van der Waals surface area contributed by atoms with E-state index in [-0.39, 0.29) is 5.69 Å². The molecule has 0 bridgehead atoms. The van der Waals surface area contributed by atoms with Gasteiger partial charge < -0.3 is 10.4 Å². The summed E-state index contributed by atoms with van der Waals surface area (Å²) in [6.07, 6.45) is 0. The number of thiazole rings is 1. The minimum Gasteiger partial charge on any atom is -0.476 e. The average Bonchev–Trinajstić information content (AvgIpc) is 2.79. The summed E-state index contributed by atoms with van der Waals surface area (Å²) in [5.41, 5.74) is 2.04. The minimum absolute atomic E-state index is 0.0962. The van der Waals surface area contributed by atoms with E-state index in [1.165, 1.54) is 11.3 Å². The molecule has 17 heavy (non-hydrogen) atoms. The summed E-state index contributed by atoms with van der Waals surface area (Å²) >= 11 is 1.34. The first-order chi connectivity index (χ1) is 8.20. The van der Waals surface area contributed by atoms with Crippen LogP contribution in [0.1, 0.15) is 17.4 Å². The Bertz CT molecular complexity index is 537. The lowest BCUT2D eigenvalue weighted by Gasteiger charge is -2.04. The smallest absolute Gasteiger partial charge is 0.355 e. The zero-order valence-corrected chi connectivity index (χ0v) is 10.1. The third kappa shape index (κ3) is 2.62. The summed E-state index contributed by atoms with van der Waals surface area (Å²) in [5.74, 6) is -0.990. The van der Waals surface area contributed by atoms with Gasteiger partial charge in [0.1, 0.15) is 5.01 Å². The Kier molecular flexibility index (Phi) is 3.39. The van der Waals surface area contributed by atoms with Crippen LogP contribution in [0.3, 0.4) is 0 Å². The van der Waals surface area contributed by atoms with E-state index >= 15 is 0 Å². The fourth-order valence-corrected chi connectivity index (χ4v) is 2.26. The summed E-state index contributed by atoms with van der Waals surface area (Å²) in [6, 6.07) is 7.78. The van der Waals surface area contributed by atoms with E-state index in [0.717, 1.165) is 22.8 Å². The molecule has 0 unspecified atom stereocenters. The van der Waals surface area contributed by atoms with Crippen molar-refractivity contribution in [1.82, 2.24) is 4.98 Å². The maximum absolute atomic E-state index is 10.7. The average molecular weight is 248 g/mol. The maximum atomic E-state index is 10.7. The second-order valence-electron chi connectivity index (χ2n) is 3.45. The number of benzene rings is 1. The molecule has 0 atom stereocenters. The fraction of sp³-hybridized carbons (Fsp3) is 0.167. The quantitative estimate of drug-likeness (QED) is 0.873. The standard InChI is InChI=1S/C12H12N2O2S/c1-2-13-9-5-3-4-8(6-9)11-14-10(7-17-11)12(15)16/h3-7,13H,2H2,1H3,(H,15,16). The number of anilines is 1. The van der Waals surface area contributed by atoms with Gasteiger partial charge in [-0.2, -0.15) is 0 Å². The SMILES string of the molecule is CCNc1cccc(-c2nc(C(=O)O)cs2)c1. The van der Waals surface area contributed by atoms with Gasteiger partial charge in [0, 0.05) is 23.2 Å². The van der Waals surface area contributed by atoms with Crippen molar-refractivity contribution in [2.75, 3.05) is 11.9 Å². The fourth-order valence-electron chi connectivity index (χ4n) is 1.47. The highest BCUT2D eigenvalue weighted by atomic mass is 32.1. The van der Waals surface area contributed by atoms with Crippen LogP contribution in [0.15, 0.2) is 29.6 Å². The molecule has 0 spiro atoms. The highest BCUT2D eigenvalue weighted by Gasteiger charge is 2.10. The second-order valence-corrected chi connectivity index (χ2v) is 4.31. The van der Waals surface area contributed by atoms with Crippen LogP contribution < -0.4 is 5.32 Å². The van der Waals surface area contributed by atoms with E-state index in [4.69, 9.17) is 5.11 Å². The number of aromatic carboxylic acids is 1. The molecule has 0 fully saturated rings. The summed E-state index contributed by atoms with van der Waals surface area (Å²) in [5, 5.41) is 14.3. The van der Waals surface area contributed by atoms with Crippen LogP contribution in [0, 0.1) is 0 Å². The van der Waals surface area contributed by atoms with Crippen molar-refractivity contribution in [2.24, 2.45) is 0 Å². The molecule has 0 saturated carbocycles. The van der Waals surface area contributed by atoms with E-state index in [1.807, 2.05) is 31.2 Å². The maximum Gasteiger partial charge on any atom is 0.355 e. The third-order valence-electron chi connectivity index (χ3n) is 2.21. The molecule has 1 aromatic heterocycles. The normalized spacial score (nSPS) is 10.2. The van der Waals surface area contributed by atoms with E-state index in [2.05, 4.69) is 10.3 Å². The highest BCUT2D eigenvalue weighted by Crippen LogP contribution is 2.25. The van der Waals surface area contributed by atoms with Gasteiger partial charge >= 0.3 is 5.97 Å². The molecule has 0 aliphatic rings. The summed E-state index contributed by atoms with van der Waals surface area (Å²) in [4.78, 5) is 14.8. The van der Waals surface area contributed by atoms with Crippen LogP contribution in [0.25, 0.3) is 10.6 Å². The van der Waals surface area contributed by atoms with Crippen molar-refractivity contribution in [3.05, 3.63) is 35.3 Å². The van der Waals surface area contributed by atoms with Crippen LogP contribution in [0.5, 0.6) is 0 Å². The number of aromatic nitrogens is 1. The number of carbonyl (C=O) groups is 1. The van der Waals surface area contributed by atoms with Crippen molar-refractivity contribution >= 4 is 23.0 Å². The first kappa shape index (κ1) is 11.6. The summed E-state index contributed by atoms with van der Waals surface area (Å²) in [6.45, 7) is 2.88. The van der Waals surface area contributed by atoms with E-state index in [1.54, 1.807) is 5.38 Å². The zero-order valence-electron chi connectivity index (χ0n) is 9.30. The zero-order chi connectivity index (χ0) is 12.3. The Balaban J connectivity index is 2.31. The van der Waals surface area contributed by atoms with Gasteiger partial charge in [-0.25, -0.2) is 9.78 Å². The third-order valence-corrected chi connectivity index (χ3v) is 3.11. The summed E-state index contributed by atoms with van der Waals surface area (Å²) in [7, 11) is 0. The van der Waals surface area contributed by atoms with Crippen LogP contribution in [-0.2, 0) is 0 Å². The molecular weight excluding hydrogens is 236 g/mol. The Morgan fingerprint density at radius 2 is 2.35 bits per heavy atom. The van der Waals surface area contributed by atoms with Crippen molar-refractivity contribution in [1.29, 1.82) is 0 Å². The molecule has 0 radical (unpaired) electrons. The largest absolute Gasteiger partial charge is 0.476 e. The van der Waals surface area contributed by atoms with Gasteiger partial charge in [0.2, 0.25) is 0 Å². The van der Waals surface area contributed by atoms with Crippen LogP contribution in [0.4, 0.5) is 5.69 Å². The lowest BCUT2D eigenvalue weighted by molar-refractivity contribution is 0.0691. The first-order valence-electron chi connectivity index (χ1n) is 5.24.